The number of hydrogen-bond donors (Lipinski definition) is 0. The van der Waals surface area contributed by atoms with Crippen LogP contribution >= 0.6 is 23.2 Å². The molecule has 38 heavy (non-hydrogen) atoms. The standard InChI is InChI=1S/C26H30Cl2NO.CHF3O3S/c1-5-13-26(4)15-22(19-7-6-8-21(28)14-19)24(18-9-11-20(27)12-10-18)29-23(17(2)3)16-30-25(26)29;2-1(3,4)8(5,6)7/h5-12,14,17,22-24H,1,13,15-16H2,2-4H3;(H,5,6,7)/q+1;/p-1/t22-,23-,24-,26+;/m1./s1. The average molecular weight is 593 g/mol. The molecule has 0 saturated carbocycles. The van der Waals surface area contributed by atoms with Crippen molar-refractivity contribution in [1.29, 1.82) is 0 Å². The summed E-state index contributed by atoms with van der Waals surface area (Å²) in [6.07, 6.45) is 3.88. The number of benzene rings is 2. The van der Waals surface area contributed by atoms with E-state index in [1.165, 1.54) is 11.1 Å². The van der Waals surface area contributed by atoms with Crippen LogP contribution in [0.2, 0.25) is 10.0 Å². The number of nitrogens with zero attached hydrogens (tertiary/aromatic N) is 1. The summed E-state index contributed by atoms with van der Waals surface area (Å²) < 4.78 is 67.9. The van der Waals surface area contributed by atoms with Crippen LogP contribution in [0.15, 0.2) is 61.2 Å². The van der Waals surface area contributed by atoms with Gasteiger partial charge in [0.15, 0.2) is 28.8 Å². The Morgan fingerprint density at radius 3 is 2.26 bits per heavy atom. The highest BCUT2D eigenvalue weighted by molar-refractivity contribution is 7.86. The van der Waals surface area contributed by atoms with Crippen LogP contribution in [0.3, 0.4) is 0 Å². The SMILES string of the molecule is C=CC[C@@]1(C)C[C@H](c2cccc(Cl)c2)[C@@H](c2ccc(Cl)cc2)[N+]2=C1OC[C@@H]2C(C)C.O=S(=O)([O-])C(F)(F)F. The third kappa shape index (κ3) is 6.55. The van der Waals surface area contributed by atoms with Crippen LogP contribution in [0, 0.1) is 11.3 Å². The van der Waals surface area contributed by atoms with E-state index in [2.05, 4.69) is 62.3 Å². The molecule has 4 rings (SSSR count). The number of ether oxygens (including phenoxy) is 1. The molecule has 0 amide bonds. The molecule has 2 aliphatic heterocycles. The second kappa shape index (κ2) is 11.6. The molecule has 0 saturated heterocycles. The first-order valence-electron chi connectivity index (χ1n) is 12.0. The molecule has 2 aromatic rings. The van der Waals surface area contributed by atoms with Gasteiger partial charge in [-0.2, -0.15) is 17.7 Å². The average Bonchev–Trinajstić information content (AvgIpc) is 3.26. The fourth-order valence-corrected chi connectivity index (χ4v) is 5.58. The maximum Gasteiger partial charge on any atom is 0.485 e. The lowest BCUT2D eigenvalue weighted by atomic mass is 9.69. The Bertz CT molecular complexity index is 1300. The zero-order valence-electron chi connectivity index (χ0n) is 21.2. The summed E-state index contributed by atoms with van der Waals surface area (Å²) in [6, 6.07) is 17.1. The maximum absolute atomic E-state index is 10.7. The van der Waals surface area contributed by atoms with Crippen molar-refractivity contribution in [2.24, 2.45) is 11.3 Å². The van der Waals surface area contributed by atoms with E-state index in [0.717, 1.165) is 35.4 Å². The first kappa shape index (κ1) is 30.5. The summed E-state index contributed by atoms with van der Waals surface area (Å²) in [5.74, 6) is 1.87. The van der Waals surface area contributed by atoms with Gasteiger partial charge in [-0.25, -0.2) is 8.42 Å². The minimum absolute atomic E-state index is 0.0959. The van der Waals surface area contributed by atoms with Gasteiger partial charge in [0.2, 0.25) is 0 Å². The molecule has 2 aliphatic rings. The monoisotopic (exact) mass is 591 g/mol. The summed E-state index contributed by atoms with van der Waals surface area (Å²) in [7, 11) is -6.09. The highest BCUT2D eigenvalue weighted by Crippen LogP contribution is 2.51. The van der Waals surface area contributed by atoms with Gasteiger partial charge in [-0.3, -0.25) is 0 Å². The van der Waals surface area contributed by atoms with Gasteiger partial charge in [0.1, 0.15) is 0 Å². The van der Waals surface area contributed by atoms with Crippen molar-refractivity contribution in [3.8, 4) is 0 Å². The topological polar surface area (TPSA) is 69.4 Å². The minimum atomic E-state index is -6.09. The highest BCUT2D eigenvalue weighted by atomic mass is 35.5. The van der Waals surface area contributed by atoms with Crippen molar-refractivity contribution >= 4 is 39.2 Å². The van der Waals surface area contributed by atoms with Crippen molar-refractivity contribution < 1.29 is 35.5 Å². The Morgan fingerprint density at radius 2 is 1.76 bits per heavy atom. The first-order chi connectivity index (χ1) is 17.6. The van der Waals surface area contributed by atoms with Crippen LogP contribution in [-0.4, -0.2) is 41.6 Å². The third-order valence-corrected chi connectivity index (χ3v) is 8.04. The lowest BCUT2D eigenvalue weighted by Gasteiger charge is -2.39. The van der Waals surface area contributed by atoms with E-state index in [-0.39, 0.29) is 17.4 Å². The number of hydrogen-bond acceptors (Lipinski definition) is 4. The van der Waals surface area contributed by atoms with Crippen molar-refractivity contribution in [2.45, 2.75) is 57.1 Å². The van der Waals surface area contributed by atoms with Gasteiger partial charge in [-0.15, -0.1) is 6.58 Å². The van der Waals surface area contributed by atoms with Crippen LogP contribution in [0.5, 0.6) is 0 Å². The Morgan fingerprint density at radius 1 is 1.16 bits per heavy atom. The third-order valence-electron chi connectivity index (χ3n) is 6.99. The van der Waals surface area contributed by atoms with E-state index in [0.29, 0.717) is 12.0 Å². The molecule has 0 N–H and O–H groups in total. The number of alkyl halides is 3. The fourth-order valence-electron chi connectivity index (χ4n) is 5.26. The van der Waals surface area contributed by atoms with Crippen LogP contribution in [0.4, 0.5) is 13.2 Å². The molecule has 0 aromatic heterocycles. The molecule has 0 radical (unpaired) electrons. The predicted molar refractivity (Wildman–Crippen MR) is 142 cm³/mol. The van der Waals surface area contributed by atoms with E-state index in [4.69, 9.17) is 40.9 Å². The molecular formula is C27H30Cl2F3NO4S. The quantitative estimate of drug-likeness (QED) is 0.158. The van der Waals surface area contributed by atoms with Gasteiger partial charge >= 0.3 is 11.4 Å². The molecule has 2 aromatic carbocycles. The zero-order valence-corrected chi connectivity index (χ0v) is 23.5. The van der Waals surface area contributed by atoms with Gasteiger partial charge in [-0.1, -0.05) is 67.4 Å². The molecule has 0 aliphatic carbocycles. The van der Waals surface area contributed by atoms with Crippen molar-refractivity contribution in [2.75, 3.05) is 6.61 Å². The van der Waals surface area contributed by atoms with E-state index in [1.807, 2.05) is 24.3 Å². The predicted octanol–water partition coefficient (Wildman–Crippen LogP) is 7.32. The molecule has 0 spiro atoms. The summed E-state index contributed by atoms with van der Waals surface area (Å²) in [6.45, 7) is 11.6. The summed E-state index contributed by atoms with van der Waals surface area (Å²) >= 11 is 12.7. The van der Waals surface area contributed by atoms with Crippen LogP contribution in [0.1, 0.15) is 56.7 Å². The van der Waals surface area contributed by atoms with Gasteiger partial charge < -0.3 is 9.29 Å². The van der Waals surface area contributed by atoms with Crippen LogP contribution in [0.25, 0.3) is 0 Å². The van der Waals surface area contributed by atoms with Gasteiger partial charge in [0.25, 0.3) is 0 Å². The number of rotatable bonds is 5. The Hall–Kier alpha value is -2.07. The van der Waals surface area contributed by atoms with Crippen molar-refractivity contribution in [3.63, 3.8) is 0 Å². The lowest BCUT2D eigenvalue weighted by molar-refractivity contribution is -0.616. The minimum Gasteiger partial charge on any atom is -0.741 e. The van der Waals surface area contributed by atoms with Crippen LogP contribution in [-0.2, 0) is 14.9 Å². The molecular weight excluding hydrogens is 562 g/mol. The second-order valence-electron chi connectivity index (χ2n) is 10.2. The first-order valence-corrected chi connectivity index (χ1v) is 14.2. The Balaban J connectivity index is 0.000000436. The largest absolute Gasteiger partial charge is 0.741 e. The Labute approximate surface area is 231 Å². The van der Waals surface area contributed by atoms with E-state index >= 15 is 0 Å². The lowest BCUT2D eigenvalue weighted by Crippen LogP contribution is -2.46. The summed E-state index contributed by atoms with van der Waals surface area (Å²) in [5, 5.41) is 1.54. The van der Waals surface area contributed by atoms with Crippen LogP contribution < -0.4 is 0 Å². The van der Waals surface area contributed by atoms with Crippen molar-refractivity contribution in [3.05, 3.63) is 82.4 Å². The summed E-state index contributed by atoms with van der Waals surface area (Å²) in [5.41, 5.74) is -3.21. The second-order valence-corrected chi connectivity index (χ2v) is 12.4. The highest BCUT2D eigenvalue weighted by Gasteiger charge is 2.57. The van der Waals surface area contributed by atoms with E-state index < -0.39 is 15.6 Å². The van der Waals surface area contributed by atoms with Crippen molar-refractivity contribution in [1.82, 2.24) is 0 Å². The number of halogens is 5. The normalized spacial score (nSPS) is 25.4. The smallest absolute Gasteiger partial charge is 0.485 e. The number of allylic oxidation sites excluding steroid dienone is 1. The summed E-state index contributed by atoms with van der Waals surface area (Å²) in [4.78, 5) is 0. The zero-order chi connectivity index (χ0) is 28.5. The Kier molecular flexibility index (Phi) is 9.29. The molecule has 0 bridgehead atoms. The molecule has 5 nitrogen and oxygen atoms in total. The molecule has 208 valence electrons. The van der Waals surface area contributed by atoms with Gasteiger partial charge in [0.05, 0.1) is 11.3 Å². The molecule has 4 atom stereocenters. The fraction of sp³-hybridized carbons (Fsp3) is 0.444. The van der Waals surface area contributed by atoms with E-state index in [1.54, 1.807) is 0 Å². The van der Waals surface area contributed by atoms with Gasteiger partial charge in [0, 0.05) is 21.5 Å². The van der Waals surface area contributed by atoms with Gasteiger partial charge in [-0.05, 0) is 49.6 Å². The molecule has 0 unspecified atom stereocenters. The van der Waals surface area contributed by atoms with E-state index in [9.17, 15) is 13.2 Å². The molecule has 0 fully saturated rings. The molecule has 11 heteroatoms. The molecule has 2 heterocycles. The maximum atomic E-state index is 10.7.